The molecule has 23 heavy (non-hydrogen) atoms. The Kier molecular flexibility index (Phi) is 4.43. The minimum Gasteiger partial charge on any atom is -0.419 e. The molecule has 0 unspecified atom stereocenters. The summed E-state index contributed by atoms with van der Waals surface area (Å²) in [6.45, 7) is 5.61. The molecule has 0 saturated carbocycles. The van der Waals surface area contributed by atoms with Crippen molar-refractivity contribution in [3.05, 3.63) is 35.7 Å². The number of hydrogen-bond acceptors (Lipinski definition) is 5. The van der Waals surface area contributed by atoms with Crippen LogP contribution in [0.1, 0.15) is 37.3 Å². The molecule has 6 heteroatoms. The van der Waals surface area contributed by atoms with E-state index in [0.29, 0.717) is 18.3 Å². The van der Waals surface area contributed by atoms with Crippen molar-refractivity contribution in [3.63, 3.8) is 0 Å². The lowest BCUT2D eigenvalue weighted by atomic mass is 9.96. The molecule has 1 aliphatic heterocycles. The van der Waals surface area contributed by atoms with Crippen LogP contribution in [0.25, 0.3) is 11.5 Å². The summed E-state index contributed by atoms with van der Waals surface area (Å²) in [5, 5.41) is 8.36. The number of nitrogens with zero attached hydrogens (tertiary/aromatic N) is 3. The summed E-state index contributed by atoms with van der Waals surface area (Å²) in [5.41, 5.74) is 7.52. The van der Waals surface area contributed by atoms with Gasteiger partial charge in [-0.25, -0.2) is 0 Å². The first-order valence-corrected chi connectivity index (χ1v) is 7.98. The number of piperidine rings is 1. The van der Waals surface area contributed by atoms with Gasteiger partial charge < -0.3 is 10.2 Å². The SMILES string of the molecule is Cc1cccc(-c2nnc([C@H](C)N3CCC[C@H](C(N)=O)C3)o2)c1. The van der Waals surface area contributed by atoms with Gasteiger partial charge in [-0.05, 0) is 45.4 Å². The summed E-state index contributed by atoms with van der Waals surface area (Å²) >= 11 is 0. The normalized spacial score (nSPS) is 20.3. The fourth-order valence-corrected chi connectivity index (χ4v) is 3.04. The molecule has 0 radical (unpaired) electrons. The zero-order valence-electron chi connectivity index (χ0n) is 13.5. The van der Waals surface area contributed by atoms with Crippen LogP contribution in [0.4, 0.5) is 0 Å². The average Bonchev–Trinajstić information content (AvgIpc) is 3.04. The fourth-order valence-electron chi connectivity index (χ4n) is 3.04. The van der Waals surface area contributed by atoms with Gasteiger partial charge in [0, 0.05) is 12.1 Å². The molecule has 1 aromatic carbocycles. The Balaban J connectivity index is 1.76. The highest BCUT2D eigenvalue weighted by molar-refractivity contribution is 5.76. The lowest BCUT2D eigenvalue weighted by Gasteiger charge is -2.33. The topological polar surface area (TPSA) is 85.3 Å². The molecule has 2 aromatic rings. The molecule has 2 atom stereocenters. The third-order valence-corrected chi connectivity index (χ3v) is 4.47. The number of benzene rings is 1. The Morgan fingerprint density at radius 2 is 2.26 bits per heavy atom. The third-order valence-electron chi connectivity index (χ3n) is 4.47. The second-order valence-electron chi connectivity index (χ2n) is 6.23. The Labute approximate surface area is 135 Å². The number of carbonyl (C=O) groups is 1. The van der Waals surface area contributed by atoms with Gasteiger partial charge in [0.15, 0.2) is 0 Å². The number of carbonyl (C=O) groups excluding carboxylic acids is 1. The van der Waals surface area contributed by atoms with Gasteiger partial charge in [-0.2, -0.15) is 0 Å². The second-order valence-corrected chi connectivity index (χ2v) is 6.23. The Hall–Kier alpha value is -2.21. The van der Waals surface area contributed by atoms with Crippen LogP contribution in [-0.2, 0) is 4.79 Å². The Bertz CT molecular complexity index is 697. The molecule has 1 aromatic heterocycles. The number of aryl methyl sites for hydroxylation is 1. The molecule has 1 amide bonds. The second kappa shape index (κ2) is 6.50. The molecular formula is C17H22N4O2. The van der Waals surface area contributed by atoms with Crippen LogP contribution >= 0.6 is 0 Å². The number of likely N-dealkylation sites (tertiary alicyclic amines) is 1. The van der Waals surface area contributed by atoms with Crippen molar-refractivity contribution in [3.8, 4) is 11.5 Å². The van der Waals surface area contributed by atoms with Gasteiger partial charge in [-0.1, -0.05) is 17.7 Å². The van der Waals surface area contributed by atoms with E-state index in [1.165, 1.54) is 0 Å². The van der Waals surface area contributed by atoms with Crippen LogP contribution < -0.4 is 5.73 Å². The number of nitrogens with two attached hydrogens (primary N) is 1. The summed E-state index contributed by atoms with van der Waals surface area (Å²) in [4.78, 5) is 13.6. The van der Waals surface area contributed by atoms with E-state index in [9.17, 15) is 4.79 Å². The molecule has 3 rings (SSSR count). The first-order chi connectivity index (χ1) is 11.0. The van der Waals surface area contributed by atoms with Crippen LogP contribution in [0.3, 0.4) is 0 Å². The molecule has 1 saturated heterocycles. The van der Waals surface area contributed by atoms with Gasteiger partial charge in [-0.15, -0.1) is 10.2 Å². The Morgan fingerprint density at radius 3 is 3.00 bits per heavy atom. The zero-order chi connectivity index (χ0) is 16.4. The van der Waals surface area contributed by atoms with Gasteiger partial charge in [0.2, 0.25) is 17.7 Å². The Morgan fingerprint density at radius 1 is 1.43 bits per heavy atom. The van der Waals surface area contributed by atoms with Crippen LogP contribution in [0.2, 0.25) is 0 Å². The number of amides is 1. The van der Waals surface area contributed by atoms with E-state index in [0.717, 1.165) is 30.5 Å². The monoisotopic (exact) mass is 314 g/mol. The van der Waals surface area contributed by atoms with E-state index < -0.39 is 0 Å². The molecule has 6 nitrogen and oxygen atoms in total. The summed E-state index contributed by atoms with van der Waals surface area (Å²) in [7, 11) is 0. The van der Waals surface area contributed by atoms with Gasteiger partial charge in [0.05, 0.1) is 12.0 Å². The molecule has 2 heterocycles. The highest BCUT2D eigenvalue weighted by Gasteiger charge is 2.29. The summed E-state index contributed by atoms with van der Waals surface area (Å²) in [6.07, 6.45) is 1.81. The quantitative estimate of drug-likeness (QED) is 0.936. The molecule has 122 valence electrons. The standard InChI is InChI=1S/C17H22N4O2/c1-11-5-3-6-13(9-11)17-20-19-16(23-17)12(2)21-8-4-7-14(10-21)15(18)22/h3,5-6,9,12,14H,4,7-8,10H2,1-2H3,(H2,18,22)/t12-,14-/m0/s1. The number of rotatable bonds is 4. The predicted molar refractivity (Wildman–Crippen MR) is 86.4 cm³/mol. The first kappa shape index (κ1) is 15.7. The maximum Gasteiger partial charge on any atom is 0.247 e. The smallest absolute Gasteiger partial charge is 0.247 e. The van der Waals surface area contributed by atoms with E-state index in [1.807, 2.05) is 38.1 Å². The van der Waals surface area contributed by atoms with Crippen molar-refractivity contribution in [2.45, 2.75) is 32.7 Å². The van der Waals surface area contributed by atoms with Crippen LogP contribution in [-0.4, -0.2) is 34.1 Å². The summed E-state index contributed by atoms with van der Waals surface area (Å²) in [6, 6.07) is 7.95. The number of aromatic nitrogens is 2. The van der Waals surface area contributed by atoms with Gasteiger partial charge in [0.1, 0.15) is 0 Å². The summed E-state index contributed by atoms with van der Waals surface area (Å²) < 4.78 is 5.86. The predicted octanol–water partition coefficient (Wildman–Crippen LogP) is 2.30. The van der Waals surface area contributed by atoms with Crippen LogP contribution in [0, 0.1) is 12.8 Å². The van der Waals surface area contributed by atoms with Crippen molar-refractivity contribution in [1.82, 2.24) is 15.1 Å². The van der Waals surface area contributed by atoms with Crippen molar-refractivity contribution < 1.29 is 9.21 Å². The van der Waals surface area contributed by atoms with E-state index in [2.05, 4.69) is 15.1 Å². The van der Waals surface area contributed by atoms with Crippen LogP contribution in [0.5, 0.6) is 0 Å². The van der Waals surface area contributed by atoms with E-state index in [-0.39, 0.29) is 17.9 Å². The summed E-state index contributed by atoms with van der Waals surface area (Å²) in [5.74, 6) is 0.781. The lowest BCUT2D eigenvalue weighted by molar-refractivity contribution is -0.123. The largest absolute Gasteiger partial charge is 0.419 e. The molecule has 1 aliphatic rings. The molecule has 0 aliphatic carbocycles. The zero-order valence-corrected chi connectivity index (χ0v) is 13.5. The van der Waals surface area contributed by atoms with Crippen molar-refractivity contribution in [2.75, 3.05) is 13.1 Å². The van der Waals surface area contributed by atoms with Gasteiger partial charge in [0.25, 0.3) is 0 Å². The average molecular weight is 314 g/mol. The minimum atomic E-state index is -0.229. The minimum absolute atomic E-state index is 0.0248. The molecule has 0 bridgehead atoms. The number of primary amides is 1. The highest BCUT2D eigenvalue weighted by atomic mass is 16.4. The first-order valence-electron chi connectivity index (χ1n) is 7.98. The molecule has 2 N–H and O–H groups in total. The molecule has 1 fully saturated rings. The fraction of sp³-hybridized carbons (Fsp3) is 0.471. The number of hydrogen-bond donors (Lipinski definition) is 1. The maximum absolute atomic E-state index is 11.4. The van der Waals surface area contributed by atoms with Gasteiger partial charge in [-0.3, -0.25) is 9.69 Å². The van der Waals surface area contributed by atoms with Crippen molar-refractivity contribution in [2.24, 2.45) is 11.7 Å². The lowest BCUT2D eigenvalue weighted by Crippen LogP contribution is -2.42. The van der Waals surface area contributed by atoms with Gasteiger partial charge >= 0.3 is 0 Å². The van der Waals surface area contributed by atoms with E-state index >= 15 is 0 Å². The van der Waals surface area contributed by atoms with Crippen molar-refractivity contribution >= 4 is 5.91 Å². The third kappa shape index (κ3) is 3.42. The molecular weight excluding hydrogens is 292 g/mol. The van der Waals surface area contributed by atoms with E-state index in [1.54, 1.807) is 0 Å². The van der Waals surface area contributed by atoms with Crippen LogP contribution in [0.15, 0.2) is 28.7 Å². The highest BCUT2D eigenvalue weighted by Crippen LogP contribution is 2.28. The maximum atomic E-state index is 11.4. The van der Waals surface area contributed by atoms with E-state index in [4.69, 9.17) is 10.2 Å². The molecule has 0 spiro atoms. The van der Waals surface area contributed by atoms with Crippen molar-refractivity contribution in [1.29, 1.82) is 0 Å².